The molecule has 0 radical (unpaired) electrons. The molecule has 5 rings (SSSR count). The van der Waals surface area contributed by atoms with Crippen molar-refractivity contribution >= 4 is 49.9 Å². The van der Waals surface area contributed by atoms with E-state index in [0.717, 1.165) is 25.5 Å². The van der Waals surface area contributed by atoms with Gasteiger partial charge in [0.1, 0.15) is 16.5 Å². The van der Waals surface area contributed by atoms with E-state index in [2.05, 4.69) is 9.97 Å². The average molecular weight is 423 g/mol. The summed E-state index contributed by atoms with van der Waals surface area (Å²) in [5.74, 6) is 1.28. The molecule has 7 nitrogen and oxygen atoms in total. The summed E-state index contributed by atoms with van der Waals surface area (Å²) in [6.45, 7) is -0.0832. The smallest absolute Gasteiger partial charge is 0.415 e. The fourth-order valence-electron chi connectivity index (χ4n) is 3.07. The predicted molar refractivity (Wildman–Crippen MR) is 112 cm³/mol. The van der Waals surface area contributed by atoms with E-state index in [1.165, 1.54) is 33.4 Å². The number of aliphatic hydroxyl groups is 1. The Labute approximate surface area is 172 Å². The van der Waals surface area contributed by atoms with Gasteiger partial charge < -0.3 is 14.9 Å². The molecular formula is C20H13N3O4S2. The molecule has 0 fully saturated rings. The van der Waals surface area contributed by atoms with Gasteiger partial charge in [-0.25, -0.2) is 9.78 Å². The van der Waals surface area contributed by atoms with Crippen LogP contribution in [0.3, 0.4) is 0 Å². The maximum atomic E-state index is 11.2. The molecule has 5 aromatic rings. The molecule has 0 atom stereocenters. The lowest BCUT2D eigenvalue weighted by Crippen LogP contribution is -2.05. The van der Waals surface area contributed by atoms with Crippen LogP contribution >= 0.6 is 22.7 Å². The van der Waals surface area contributed by atoms with E-state index in [1.54, 1.807) is 30.5 Å². The lowest BCUT2D eigenvalue weighted by atomic mass is 10.2. The molecule has 0 aliphatic heterocycles. The molecular weight excluding hydrogens is 410 g/mol. The summed E-state index contributed by atoms with van der Waals surface area (Å²) in [6, 6.07) is 10.8. The predicted octanol–water partition coefficient (Wildman–Crippen LogP) is 5.19. The van der Waals surface area contributed by atoms with Gasteiger partial charge in [0, 0.05) is 29.2 Å². The molecule has 0 bridgehead atoms. The number of thiazole rings is 1. The minimum absolute atomic E-state index is 0.0832. The van der Waals surface area contributed by atoms with Crippen LogP contribution in [-0.4, -0.2) is 30.8 Å². The number of nitrogens with zero attached hydrogens (tertiary/aromatic N) is 3. The number of benzene rings is 1. The molecule has 9 heteroatoms. The van der Waals surface area contributed by atoms with Gasteiger partial charge in [0.15, 0.2) is 0 Å². The van der Waals surface area contributed by atoms with E-state index < -0.39 is 6.09 Å². The molecule has 0 aliphatic carbocycles. The van der Waals surface area contributed by atoms with E-state index in [9.17, 15) is 15.0 Å². The van der Waals surface area contributed by atoms with E-state index in [4.69, 9.17) is 4.74 Å². The Kier molecular flexibility index (Phi) is 4.27. The highest BCUT2D eigenvalue weighted by molar-refractivity contribution is 7.25. The van der Waals surface area contributed by atoms with Crippen LogP contribution in [0.5, 0.6) is 11.5 Å². The van der Waals surface area contributed by atoms with Crippen molar-refractivity contribution < 1.29 is 19.7 Å². The van der Waals surface area contributed by atoms with Crippen LogP contribution in [0.25, 0.3) is 31.0 Å². The van der Waals surface area contributed by atoms with Gasteiger partial charge in [-0.3, -0.25) is 9.55 Å². The summed E-state index contributed by atoms with van der Waals surface area (Å²) in [6.07, 6.45) is 2.18. The van der Waals surface area contributed by atoms with Gasteiger partial charge in [-0.05, 0) is 30.3 Å². The van der Waals surface area contributed by atoms with Gasteiger partial charge in [0.25, 0.3) is 0 Å². The molecule has 0 amide bonds. The first kappa shape index (κ1) is 17.8. The second-order valence-corrected chi connectivity index (χ2v) is 8.14. The summed E-state index contributed by atoms with van der Waals surface area (Å²) in [5.41, 5.74) is 2.06. The SMILES string of the molecule is O=C(O)n1ccc2cc(Oc3ccnc4cc(-c5nc(CO)cs5)sc34)ccc21. The third kappa shape index (κ3) is 3.15. The molecule has 1 aromatic carbocycles. The first-order valence-electron chi connectivity index (χ1n) is 8.59. The summed E-state index contributed by atoms with van der Waals surface area (Å²) in [4.78, 5) is 21.0. The van der Waals surface area contributed by atoms with Crippen molar-refractivity contribution in [3.05, 3.63) is 59.9 Å². The lowest BCUT2D eigenvalue weighted by Gasteiger charge is -2.07. The molecule has 144 valence electrons. The molecule has 0 saturated heterocycles. The number of hydrogen-bond donors (Lipinski definition) is 2. The number of ether oxygens (including phenoxy) is 1. The fraction of sp³-hybridized carbons (Fsp3) is 0.0500. The number of aliphatic hydroxyl groups excluding tert-OH is 1. The first-order valence-corrected chi connectivity index (χ1v) is 10.3. The van der Waals surface area contributed by atoms with Crippen molar-refractivity contribution in [3.63, 3.8) is 0 Å². The van der Waals surface area contributed by atoms with E-state index in [0.29, 0.717) is 22.7 Å². The number of thiophene rings is 1. The summed E-state index contributed by atoms with van der Waals surface area (Å²) in [5, 5.41) is 21.9. The Balaban J connectivity index is 1.51. The molecule has 0 aliphatic rings. The second-order valence-electron chi connectivity index (χ2n) is 6.23. The zero-order valence-electron chi connectivity index (χ0n) is 14.8. The van der Waals surface area contributed by atoms with Crippen LogP contribution in [0, 0.1) is 0 Å². The topological polar surface area (TPSA) is 97.5 Å². The highest BCUT2D eigenvalue weighted by Crippen LogP contribution is 2.40. The summed E-state index contributed by atoms with van der Waals surface area (Å²) in [7, 11) is 0. The van der Waals surface area contributed by atoms with E-state index >= 15 is 0 Å². The quantitative estimate of drug-likeness (QED) is 0.413. The Morgan fingerprint density at radius 3 is 2.90 bits per heavy atom. The lowest BCUT2D eigenvalue weighted by molar-refractivity contribution is 0.197. The summed E-state index contributed by atoms with van der Waals surface area (Å²) < 4.78 is 8.17. The van der Waals surface area contributed by atoms with Crippen molar-refractivity contribution in [1.82, 2.24) is 14.5 Å². The van der Waals surface area contributed by atoms with Crippen molar-refractivity contribution in [3.8, 4) is 21.4 Å². The van der Waals surface area contributed by atoms with Crippen molar-refractivity contribution in [1.29, 1.82) is 0 Å². The molecule has 29 heavy (non-hydrogen) atoms. The van der Waals surface area contributed by atoms with Crippen LogP contribution in [-0.2, 0) is 6.61 Å². The van der Waals surface area contributed by atoms with E-state index in [-0.39, 0.29) is 6.61 Å². The molecule has 0 spiro atoms. The zero-order valence-corrected chi connectivity index (χ0v) is 16.4. The minimum Gasteiger partial charge on any atom is -0.464 e. The number of hydrogen-bond acceptors (Lipinski definition) is 7. The largest absolute Gasteiger partial charge is 0.464 e. The van der Waals surface area contributed by atoms with Crippen LogP contribution in [0.2, 0.25) is 0 Å². The Bertz CT molecular complexity index is 1370. The number of aromatic nitrogens is 3. The van der Waals surface area contributed by atoms with Gasteiger partial charge in [0.2, 0.25) is 0 Å². The number of carbonyl (C=O) groups is 1. The highest BCUT2D eigenvalue weighted by atomic mass is 32.1. The van der Waals surface area contributed by atoms with E-state index in [1.807, 2.05) is 17.5 Å². The number of rotatable bonds is 4. The molecule has 2 N–H and O–H groups in total. The molecule has 4 aromatic heterocycles. The van der Waals surface area contributed by atoms with Gasteiger partial charge in [-0.1, -0.05) is 0 Å². The Morgan fingerprint density at radius 1 is 1.21 bits per heavy atom. The average Bonchev–Trinajstić information content (AvgIpc) is 3.44. The highest BCUT2D eigenvalue weighted by Gasteiger charge is 2.14. The molecule has 4 heterocycles. The standard InChI is InChI=1S/C20H13N3O4S2/c24-9-12-10-28-19(22-12)17-8-14-18(29-17)16(3-5-21-14)27-13-1-2-15-11(7-13)4-6-23(15)20(25)26/h1-8,10,24H,9H2,(H,25,26). The van der Waals surface area contributed by atoms with Crippen LogP contribution in [0.1, 0.15) is 5.69 Å². The van der Waals surface area contributed by atoms with Crippen LogP contribution < -0.4 is 4.74 Å². The normalized spacial score (nSPS) is 11.3. The monoisotopic (exact) mass is 423 g/mol. The second kappa shape index (κ2) is 6.96. The third-order valence-electron chi connectivity index (χ3n) is 4.40. The fourth-order valence-corrected chi connectivity index (χ4v) is 5.01. The third-order valence-corrected chi connectivity index (χ3v) is 6.60. The Morgan fingerprint density at radius 2 is 2.10 bits per heavy atom. The van der Waals surface area contributed by atoms with Crippen LogP contribution in [0.4, 0.5) is 4.79 Å². The Hall–Kier alpha value is -3.27. The molecule has 0 unspecified atom stereocenters. The van der Waals surface area contributed by atoms with Gasteiger partial charge in [-0.2, -0.15) is 0 Å². The maximum absolute atomic E-state index is 11.2. The maximum Gasteiger partial charge on any atom is 0.415 e. The van der Waals surface area contributed by atoms with Crippen molar-refractivity contribution in [2.75, 3.05) is 0 Å². The first-order chi connectivity index (χ1) is 14.1. The number of fused-ring (bicyclic) bond motifs is 2. The number of pyridine rings is 1. The summed E-state index contributed by atoms with van der Waals surface area (Å²) >= 11 is 3.01. The zero-order chi connectivity index (χ0) is 20.0. The molecule has 0 saturated carbocycles. The van der Waals surface area contributed by atoms with Crippen molar-refractivity contribution in [2.45, 2.75) is 6.61 Å². The number of carboxylic acid groups (broad SMARTS) is 1. The van der Waals surface area contributed by atoms with Gasteiger partial charge in [-0.15, -0.1) is 22.7 Å². The van der Waals surface area contributed by atoms with Crippen LogP contribution in [0.15, 0.2) is 54.2 Å². The van der Waals surface area contributed by atoms with Gasteiger partial charge >= 0.3 is 6.09 Å². The van der Waals surface area contributed by atoms with Crippen molar-refractivity contribution in [2.24, 2.45) is 0 Å². The van der Waals surface area contributed by atoms with Gasteiger partial charge in [0.05, 0.1) is 32.9 Å². The minimum atomic E-state index is -1.03.